The highest BCUT2D eigenvalue weighted by Gasteiger charge is 2.34. The molecule has 0 aliphatic carbocycles. The maximum atomic E-state index is 13.3. The molecule has 1 saturated heterocycles. The third-order valence-electron chi connectivity index (χ3n) is 5.74. The van der Waals surface area contributed by atoms with Crippen LogP contribution in [0.15, 0.2) is 52.7 Å². The number of methoxy groups -OCH3 is 2. The van der Waals surface area contributed by atoms with Crippen molar-refractivity contribution in [2.24, 2.45) is 0 Å². The highest BCUT2D eigenvalue weighted by atomic mass is 32.2. The minimum atomic E-state index is -3.50. The summed E-state index contributed by atoms with van der Waals surface area (Å²) in [6.07, 6.45) is 1.10. The first kappa shape index (κ1) is 21.6. The summed E-state index contributed by atoms with van der Waals surface area (Å²) in [5.41, 5.74) is 3.29. The van der Waals surface area contributed by atoms with Crippen LogP contribution in [0.25, 0.3) is 11.3 Å². The number of anilines is 1. The van der Waals surface area contributed by atoms with Crippen LogP contribution in [-0.2, 0) is 9.84 Å². The van der Waals surface area contributed by atoms with Gasteiger partial charge in [0.05, 0.1) is 25.2 Å². The van der Waals surface area contributed by atoms with Crippen LogP contribution in [0.1, 0.15) is 18.4 Å². The minimum Gasteiger partial charge on any atom is -0.497 e. The van der Waals surface area contributed by atoms with Crippen molar-refractivity contribution < 1.29 is 17.9 Å². The number of rotatable bonds is 6. The molecule has 1 aliphatic rings. The van der Waals surface area contributed by atoms with Crippen molar-refractivity contribution in [3.8, 4) is 22.8 Å². The number of hydrogen-bond acceptors (Lipinski definition) is 7. The third kappa shape index (κ3) is 4.27. The lowest BCUT2D eigenvalue weighted by molar-refractivity contribution is 0.385. The summed E-state index contributed by atoms with van der Waals surface area (Å²) in [5.74, 6) is 0.892. The second-order valence-corrected chi connectivity index (χ2v) is 10.6. The molecule has 164 valence electrons. The Bertz CT molecular complexity index is 1170. The van der Waals surface area contributed by atoms with Gasteiger partial charge < -0.3 is 14.4 Å². The average molecular weight is 459 g/mol. The van der Waals surface area contributed by atoms with Gasteiger partial charge in [-0.2, -0.15) is 0 Å². The van der Waals surface area contributed by atoms with E-state index in [0.717, 1.165) is 16.4 Å². The second-order valence-electron chi connectivity index (χ2n) is 7.58. The maximum absolute atomic E-state index is 13.3. The number of ether oxygens (including phenoxy) is 2. The molecule has 6 nitrogen and oxygen atoms in total. The normalized spacial score (nSPS) is 15.1. The van der Waals surface area contributed by atoms with Crippen LogP contribution in [0.2, 0.25) is 0 Å². The number of piperidine rings is 1. The van der Waals surface area contributed by atoms with Crippen molar-refractivity contribution in [3.63, 3.8) is 0 Å². The summed E-state index contributed by atoms with van der Waals surface area (Å²) in [5, 5.41) is 2.57. The molecular formula is C23H26N2O4S2. The first-order valence-corrected chi connectivity index (χ1v) is 12.6. The third-order valence-corrected chi connectivity index (χ3v) is 8.94. The monoisotopic (exact) mass is 458 g/mol. The maximum Gasteiger partial charge on any atom is 0.185 e. The Balaban J connectivity index is 1.48. The van der Waals surface area contributed by atoms with E-state index in [4.69, 9.17) is 14.5 Å². The van der Waals surface area contributed by atoms with Gasteiger partial charge in [-0.25, -0.2) is 13.4 Å². The fourth-order valence-corrected chi connectivity index (χ4v) is 6.69. The first-order valence-electron chi connectivity index (χ1n) is 10.2. The van der Waals surface area contributed by atoms with E-state index in [0.29, 0.717) is 37.4 Å². The first-order chi connectivity index (χ1) is 14.9. The van der Waals surface area contributed by atoms with Crippen molar-refractivity contribution in [1.29, 1.82) is 0 Å². The molecule has 2 heterocycles. The lowest BCUT2D eigenvalue weighted by Crippen LogP contribution is -2.39. The van der Waals surface area contributed by atoms with Gasteiger partial charge in [0, 0.05) is 30.1 Å². The highest BCUT2D eigenvalue weighted by molar-refractivity contribution is 7.92. The summed E-state index contributed by atoms with van der Waals surface area (Å²) >= 11 is 1.61. The molecule has 0 radical (unpaired) electrons. The predicted octanol–water partition coefficient (Wildman–Crippen LogP) is 4.58. The van der Waals surface area contributed by atoms with Crippen LogP contribution in [-0.4, -0.2) is 46.0 Å². The Morgan fingerprint density at radius 2 is 1.81 bits per heavy atom. The number of hydrogen-bond donors (Lipinski definition) is 0. The molecule has 0 saturated carbocycles. The summed E-state index contributed by atoms with van der Waals surface area (Å²) < 4.78 is 37.1. The Kier molecular flexibility index (Phi) is 6.20. The summed E-state index contributed by atoms with van der Waals surface area (Å²) in [6, 6.07) is 13.1. The molecule has 0 unspecified atom stereocenters. The van der Waals surface area contributed by atoms with Crippen LogP contribution < -0.4 is 14.4 Å². The van der Waals surface area contributed by atoms with Gasteiger partial charge in [0.15, 0.2) is 15.0 Å². The fraction of sp³-hybridized carbons (Fsp3) is 0.348. The molecule has 0 atom stereocenters. The topological polar surface area (TPSA) is 68.7 Å². The van der Waals surface area contributed by atoms with Crippen molar-refractivity contribution in [1.82, 2.24) is 4.98 Å². The zero-order valence-electron chi connectivity index (χ0n) is 17.9. The number of aryl methyl sites for hydroxylation is 1. The van der Waals surface area contributed by atoms with E-state index in [1.165, 1.54) is 12.7 Å². The van der Waals surface area contributed by atoms with E-state index < -0.39 is 15.1 Å². The molecular weight excluding hydrogens is 432 g/mol. The molecule has 8 heteroatoms. The van der Waals surface area contributed by atoms with Gasteiger partial charge in [0.25, 0.3) is 0 Å². The van der Waals surface area contributed by atoms with E-state index in [1.54, 1.807) is 36.6 Å². The van der Waals surface area contributed by atoms with E-state index in [-0.39, 0.29) is 4.90 Å². The quantitative estimate of drug-likeness (QED) is 0.539. The Hall–Kier alpha value is -2.58. The predicted molar refractivity (Wildman–Crippen MR) is 124 cm³/mol. The Labute approximate surface area is 187 Å². The largest absolute Gasteiger partial charge is 0.497 e. The molecule has 0 amide bonds. The summed E-state index contributed by atoms with van der Waals surface area (Å²) in [7, 11) is -0.482. The zero-order chi connectivity index (χ0) is 22.0. The molecule has 4 rings (SSSR count). The number of sulfone groups is 1. The number of nitrogens with zero attached hydrogens (tertiary/aromatic N) is 2. The average Bonchev–Trinajstić information content (AvgIpc) is 3.29. The molecule has 1 fully saturated rings. The lowest BCUT2D eigenvalue weighted by Gasteiger charge is -2.31. The smallest absolute Gasteiger partial charge is 0.185 e. The molecule has 1 aliphatic heterocycles. The number of aromatic nitrogens is 1. The molecule has 31 heavy (non-hydrogen) atoms. The van der Waals surface area contributed by atoms with Crippen LogP contribution in [0.3, 0.4) is 0 Å². The molecule has 0 N–H and O–H groups in total. The van der Waals surface area contributed by atoms with Crippen LogP contribution in [0.5, 0.6) is 11.5 Å². The van der Waals surface area contributed by atoms with Gasteiger partial charge >= 0.3 is 0 Å². The van der Waals surface area contributed by atoms with Gasteiger partial charge in [0.1, 0.15) is 16.4 Å². The summed E-state index contributed by atoms with van der Waals surface area (Å²) in [6.45, 7) is 3.39. The van der Waals surface area contributed by atoms with Crippen molar-refractivity contribution in [2.45, 2.75) is 29.9 Å². The SMILES string of the molecule is COc1ccc(S(=O)(=O)C2CCN(c3nc(-c4ccccc4C)cs3)CC2)c(OC)c1. The van der Waals surface area contributed by atoms with Crippen molar-refractivity contribution in [2.75, 3.05) is 32.2 Å². The number of benzene rings is 2. The van der Waals surface area contributed by atoms with Crippen LogP contribution >= 0.6 is 11.3 Å². The number of thiazole rings is 1. The van der Waals surface area contributed by atoms with E-state index in [2.05, 4.69) is 29.3 Å². The highest BCUT2D eigenvalue weighted by Crippen LogP contribution is 2.35. The summed E-state index contributed by atoms with van der Waals surface area (Å²) in [4.78, 5) is 7.23. The van der Waals surface area contributed by atoms with Gasteiger partial charge in [-0.1, -0.05) is 24.3 Å². The molecule has 3 aromatic rings. The van der Waals surface area contributed by atoms with Crippen LogP contribution in [0, 0.1) is 6.92 Å². The Morgan fingerprint density at radius 3 is 2.48 bits per heavy atom. The van der Waals surface area contributed by atoms with Crippen molar-refractivity contribution >= 4 is 26.3 Å². The Morgan fingerprint density at radius 1 is 1.06 bits per heavy atom. The van der Waals surface area contributed by atoms with Gasteiger partial charge in [-0.05, 0) is 37.5 Å². The van der Waals surface area contributed by atoms with Gasteiger partial charge in [-0.3, -0.25) is 0 Å². The lowest BCUT2D eigenvalue weighted by atomic mass is 10.1. The van der Waals surface area contributed by atoms with Gasteiger partial charge in [0.2, 0.25) is 0 Å². The molecule has 1 aromatic heterocycles. The minimum absolute atomic E-state index is 0.227. The second kappa shape index (κ2) is 8.88. The van der Waals surface area contributed by atoms with E-state index in [1.807, 2.05) is 12.1 Å². The molecule has 0 spiro atoms. The van der Waals surface area contributed by atoms with Crippen LogP contribution in [0.4, 0.5) is 5.13 Å². The van der Waals surface area contributed by atoms with Crippen molar-refractivity contribution in [3.05, 3.63) is 53.4 Å². The molecule has 0 bridgehead atoms. The standard InChI is InChI=1S/C23H26N2O4S2/c1-16-6-4-5-7-19(16)20-15-30-23(24-20)25-12-10-18(11-13-25)31(26,27)22-9-8-17(28-2)14-21(22)29-3/h4-9,14-15,18H,10-13H2,1-3H3. The molecule has 2 aromatic carbocycles. The van der Waals surface area contributed by atoms with E-state index >= 15 is 0 Å². The zero-order valence-corrected chi connectivity index (χ0v) is 19.5. The van der Waals surface area contributed by atoms with Gasteiger partial charge in [-0.15, -0.1) is 11.3 Å². The fourth-order valence-electron chi connectivity index (χ4n) is 3.94. The van der Waals surface area contributed by atoms with E-state index in [9.17, 15) is 8.42 Å².